The number of carbonyl (C=O) groups excluding carboxylic acids is 1. The summed E-state index contributed by atoms with van der Waals surface area (Å²) in [6, 6.07) is 11.3. The van der Waals surface area contributed by atoms with Gasteiger partial charge in [-0.2, -0.15) is 0 Å². The minimum Gasteiger partial charge on any atom is -0.490 e. The summed E-state index contributed by atoms with van der Waals surface area (Å²) < 4.78 is 5.95. The Morgan fingerprint density at radius 1 is 1.22 bits per heavy atom. The average Bonchev–Trinajstić information content (AvgIpc) is 3.07. The van der Waals surface area contributed by atoms with E-state index in [9.17, 15) is 4.79 Å². The van der Waals surface area contributed by atoms with E-state index in [4.69, 9.17) is 4.74 Å². The highest BCUT2D eigenvalue weighted by Crippen LogP contribution is 2.25. The van der Waals surface area contributed by atoms with Crippen LogP contribution in [-0.2, 0) is 4.79 Å². The molecule has 0 aliphatic heterocycles. The lowest BCUT2D eigenvalue weighted by Crippen LogP contribution is -2.11. The van der Waals surface area contributed by atoms with Crippen LogP contribution in [0.2, 0.25) is 0 Å². The fraction of sp³-hybridized carbons (Fsp3) is 0.263. The number of hydrogen-bond donors (Lipinski definition) is 1. The third kappa shape index (κ3) is 4.68. The van der Waals surface area contributed by atoms with Gasteiger partial charge in [-0.3, -0.25) is 9.78 Å². The van der Waals surface area contributed by atoms with E-state index in [2.05, 4.69) is 10.3 Å². The summed E-state index contributed by atoms with van der Waals surface area (Å²) in [5, 5.41) is 2.85. The quantitative estimate of drug-likeness (QED) is 0.848. The van der Waals surface area contributed by atoms with Gasteiger partial charge in [0.15, 0.2) is 0 Å². The van der Waals surface area contributed by atoms with Crippen molar-refractivity contribution < 1.29 is 9.53 Å². The molecule has 0 spiro atoms. The molecular formula is C19H20N2O2. The van der Waals surface area contributed by atoms with Crippen LogP contribution in [0.15, 0.2) is 54.9 Å². The van der Waals surface area contributed by atoms with E-state index < -0.39 is 0 Å². The van der Waals surface area contributed by atoms with E-state index >= 15 is 0 Å². The monoisotopic (exact) mass is 308 g/mol. The van der Waals surface area contributed by atoms with Crippen molar-refractivity contribution in [2.75, 3.05) is 5.32 Å². The van der Waals surface area contributed by atoms with Crippen molar-refractivity contribution in [3.8, 4) is 5.75 Å². The Morgan fingerprint density at radius 2 is 2.09 bits per heavy atom. The number of carbonyl (C=O) groups is 1. The smallest absolute Gasteiger partial charge is 0.248 e. The molecule has 1 amide bonds. The van der Waals surface area contributed by atoms with Crippen molar-refractivity contribution in [3.05, 3.63) is 60.4 Å². The molecule has 1 fully saturated rings. The maximum atomic E-state index is 12.0. The lowest BCUT2D eigenvalue weighted by Gasteiger charge is -2.13. The van der Waals surface area contributed by atoms with Crippen LogP contribution in [-0.4, -0.2) is 17.0 Å². The molecule has 0 unspecified atom stereocenters. The van der Waals surface area contributed by atoms with Crippen molar-refractivity contribution in [2.24, 2.45) is 0 Å². The van der Waals surface area contributed by atoms with Crippen LogP contribution in [0.3, 0.4) is 0 Å². The SMILES string of the molecule is O=C(/C=C/c1cccnc1)Nc1cccc(OC2CCCC2)c1. The molecule has 3 rings (SSSR count). The van der Waals surface area contributed by atoms with E-state index in [1.807, 2.05) is 36.4 Å². The molecule has 2 aromatic rings. The summed E-state index contributed by atoms with van der Waals surface area (Å²) in [4.78, 5) is 16.0. The maximum absolute atomic E-state index is 12.0. The Balaban J connectivity index is 1.58. The van der Waals surface area contributed by atoms with Crippen LogP contribution < -0.4 is 10.1 Å². The van der Waals surface area contributed by atoms with Gasteiger partial charge in [0.1, 0.15) is 5.75 Å². The maximum Gasteiger partial charge on any atom is 0.248 e. The number of nitrogens with one attached hydrogen (secondary N) is 1. The summed E-state index contributed by atoms with van der Waals surface area (Å²) in [6.45, 7) is 0. The Hall–Kier alpha value is -2.62. The predicted molar refractivity (Wildman–Crippen MR) is 91.2 cm³/mol. The van der Waals surface area contributed by atoms with Crippen molar-refractivity contribution in [2.45, 2.75) is 31.8 Å². The van der Waals surface area contributed by atoms with Gasteiger partial charge in [-0.25, -0.2) is 0 Å². The van der Waals surface area contributed by atoms with Gasteiger partial charge in [0.2, 0.25) is 5.91 Å². The topological polar surface area (TPSA) is 51.2 Å². The third-order valence-electron chi connectivity index (χ3n) is 3.82. The van der Waals surface area contributed by atoms with Crippen molar-refractivity contribution >= 4 is 17.7 Å². The Morgan fingerprint density at radius 3 is 2.87 bits per heavy atom. The highest BCUT2D eigenvalue weighted by molar-refractivity contribution is 6.01. The zero-order valence-corrected chi connectivity index (χ0v) is 12.9. The molecule has 1 aromatic carbocycles. The molecule has 0 saturated heterocycles. The molecule has 4 heteroatoms. The van der Waals surface area contributed by atoms with Crippen LogP contribution in [0.25, 0.3) is 6.08 Å². The first-order chi connectivity index (χ1) is 11.3. The fourth-order valence-corrected chi connectivity index (χ4v) is 2.68. The molecule has 0 radical (unpaired) electrons. The Bertz CT molecular complexity index is 677. The summed E-state index contributed by atoms with van der Waals surface area (Å²) in [5.74, 6) is 0.637. The third-order valence-corrected chi connectivity index (χ3v) is 3.82. The zero-order chi connectivity index (χ0) is 15.9. The summed E-state index contributed by atoms with van der Waals surface area (Å²) in [6.07, 6.45) is 11.7. The van der Waals surface area contributed by atoms with Gasteiger partial charge in [0, 0.05) is 30.2 Å². The van der Waals surface area contributed by atoms with E-state index in [1.165, 1.54) is 18.9 Å². The van der Waals surface area contributed by atoms with Crippen LogP contribution in [0.5, 0.6) is 5.75 Å². The second-order valence-corrected chi connectivity index (χ2v) is 5.66. The van der Waals surface area contributed by atoms with Gasteiger partial charge in [0.05, 0.1) is 6.10 Å². The van der Waals surface area contributed by atoms with Gasteiger partial charge < -0.3 is 10.1 Å². The highest BCUT2D eigenvalue weighted by Gasteiger charge is 2.16. The molecule has 1 aliphatic carbocycles. The number of ether oxygens (including phenoxy) is 1. The molecule has 1 N–H and O–H groups in total. The first kappa shape index (κ1) is 15.3. The first-order valence-electron chi connectivity index (χ1n) is 7.95. The zero-order valence-electron chi connectivity index (χ0n) is 12.9. The summed E-state index contributed by atoms with van der Waals surface area (Å²) in [5.41, 5.74) is 1.63. The summed E-state index contributed by atoms with van der Waals surface area (Å²) >= 11 is 0. The van der Waals surface area contributed by atoms with Crippen LogP contribution in [0.4, 0.5) is 5.69 Å². The molecule has 4 nitrogen and oxygen atoms in total. The average molecular weight is 308 g/mol. The molecule has 1 aromatic heterocycles. The van der Waals surface area contributed by atoms with E-state index in [0.717, 1.165) is 29.8 Å². The minimum atomic E-state index is -0.174. The lowest BCUT2D eigenvalue weighted by atomic mass is 10.2. The number of hydrogen-bond acceptors (Lipinski definition) is 3. The fourth-order valence-electron chi connectivity index (χ4n) is 2.68. The Labute approximate surface area is 136 Å². The van der Waals surface area contributed by atoms with Crippen LogP contribution in [0.1, 0.15) is 31.2 Å². The van der Waals surface area contributed by atoms with E-state index in [1.54, 1.807) is 18.5 Å². The summed E-state index contributed by atoms with van der Waals surface area (Å²) in [7, 11) is 0. The van der Waals surface area contributed by atoms with Crippen molar-refractivity contribution in [1.29, 1.82) is 0 Å². The molecule has 0 bridgehead atoms. The number of nitrogens with zero attached hydrogens (tertiary/aromatic N) is 1. The number of aromatic nitrogens is 1. The van der Waals surface area contributed by atoms with Gasteiger partial charge in [-0.1, -0.05) is 12.1 Å². The minimum absolute atomic E-state index is 0.174. The standard InChI is InChI=1S/C19H20N2O2/c22-19(11-10-15-5-4-12-20-14-15)21-16-6-3-9-18(13-16)23-17-7-1-2-8-17/h3-6,9-14,17H,1-2,7-8H2,(H,21,22)/b11-10+. The highest BCUT2D eigenvalue weighted by atomic mass is 16.5. The Kier molecular flexibility index (Phi) is 5.04. The van der Waals surface area contributed by atoms with Crippen molar-refractivity contribution in [1.82, 2.24) is 4.98 Å². The molecule has 0 atom stereocenters. The second-order valence-electron chi connectivity index (χ2n) is 5.66. The first-order valence-corrected chi connectivity index (χ1v) is 7.95. The second kappa shape index (κ2) is 7.58. The predicted octanol–water partition coefficient (Wildman–Crippen LogP) is 4.05. The molecule has 118 valence electrons. The lowest BCUT2D eigenvalue weighted by molar-refractivity contribution is -0.111. The van der Waals surface area contributed by atoms with Crippen molar-refractivity contribution in [3.63, 3.8) is 0 Å². The van der Waals surface area contributed by atoms with Gasteiger partial charge >= 0.3 is 0 Å². The number of rotatable bonds is 5. The molecular weight excluding hydrogens is 288 g/mol. The van der Waals surface area contributed by atoms with Gasteiger partial charge in [0.25, 0.3) is 0 Å². The van der Waals surface area contributed by atoms with E-state index in [0.29, 0.717) is 6.10 Å². The van der Waals surface area contributed by atoms with Gasteiger partial charge in [-0.15, -0.1) is 0 Å². The van der Waals surface area contributed by atoms with Crippen LogP contribution >= 0.6 is 0 Å². The number of amides is 1. The number of pyridine rings is 1. The normalized spacial score (nSPS) is 15.0. The molecule has 1 saturated carbocycles. The number of benzene rings is 1. The number of anilines is 1. The largest absolute Gasteiger partial charge is 0.490 e. The van der Waals surface area contributed by atoms with E-state index in [-0.39, 0.29) is 5.91 Å². The molecule has 1 aliphatic rings. The molecule has 1 heterocycles. The van der Waals surface area contributed by atoms with Gasteiger partial charge in [-0.05, 0) is 55.5 Å². The van der Waals surface area contributed by atoms with Crippen LogP contribution in [0, 0.1) is 0 Å². The molecule has 23 heavy (non-hydrogen) atoms.